The number of methoxy groups -OCH3 is 1. The van der Waals surface area contributed by atoms with Crippen LogP contribution in [-0.2, 0) is 11.2 Å². The summed E-state index contributed by atoms with van der Waals surface area (Å²) in [4.78, 5) is 11.6. The largest absolute Gasteiger partial charge is 0.508 e. The fourth-order valence-corrected chi connectivity index (χ4v) is 2.44. The number of ether oxygens (including phenoxy) is 1. The average molecular weight is 302 g/mol. The van der Waals surface area contributed by atoms with Gasteiger partial charge in [-0.15, -0.1) is 0 Å². The van der Waals surface area contributed by atoms with Crippen molar-refractivity contribution in [2.75, 3.05) is 7.11 Å². The number of benzene rings is 2. The number of hydrogen-bond acceptors (Lipinski definition) is 4. The van der Waals surface area contributed by atoms with Gasteiger partial charge in [0.15, 0.2) is 0 Å². The number of carboxylic acids is 1. The molecule has 0 fully saturated rings. The molecule has 1 unspecified atom stereocenters. The highest BCUT2D eigenvalue weighted by atomic mass is 16.5. The van der Waals surface area contributed by atoms with Crippen molar-refractivity contribution in [1.82, 2.24) is 0 Å². The lowest BCUT2D eigenvalue weighted by molar-refractivity contribution is -0.138. The summed E-state index contributed by atoms with van der Waals surface area (Å²) < 4.78 is 5.13. The Kier molecular flexibility index (Phi) is 4.56. The summed E-state index contributed by atoms with van der Waals surface area (Å²) >= 11 is 0. The standard InChI is InChI=1S/C17H18O5/c1-10-7-13(22-2)5-6-14(10)15(17(20)21)8-11-3-4-12(18)9-16(11)19/h3-7,9,15,18-19H,8H2,1-2H3,(H,20,21). The van der Waals surface area contributed by atoms with Gasteiger partial charge in [-0.3, -0.25) is 4.79 Å². The molecular weight excluding hydrogens is 284 g/mol. The molecule has 5 nitrogen and oxygen atoms in total. The number of carboxylic acid groups (broad SMARTS) is 1. The highest BCUT2D eigenvalue weighted by Gasteiger charge is 2.23. The molecule has 0 heterocycles. The molecule has 0 bridgehead atoms. The number of hydrogen-bond donors (Lipinski definition) is 3. The van der Waals surface area contributed by atoms with E-state index in [1.54, 1.807) is 25.3 Å². The fraction of sp³-hybridized carbons (Fsp3) is 0.235. The first kappa shape index (κ1) is 15.7. The van der Waals surface area contributed by atoms with Gasteiger partial charge < -0.3 is 20.1 Å². The van der Waals surface area contributed by atoms with Crippen molar-refractivity contribution in [1.29, 1.82) is 0 Å². The zero-order chi connectivity index (χ0) is 16.3. The minimum atomic E-state index is -0.972. The van der Waals surface area contributed by atoms with Crippen LogP contribution < -0.4 is 4.74 Å². The van der Waals surface area contributed by atoms with E-state index < -0.39 is 11.9 Å². The maximum atomic E-state index is 11.6. The predicted molar refractivity (Wildman–Crippen MR) is 81.6 cm³/mol. The van der Waals surface area contributed by atoms with Crippen molar-refractivity contribution in [3.05, 3.63) is 53.1 Å². The van der Waals surface area contributed by atoms with Gasteiger partial charge >= 0.3 is 5.97 Å². The third-order valence-corrected chi connectivity index (χ3v) is 3.64. The van der Waals surface area contributed by atoms with E-state index >= 15 is 0 Å². The summed E-state index contributed by atoms with van der Waals surface area (Å²) in [5.74, 6) is -1.27. The quantitative estimate of drug-likeness (QED) is 0.790. The van der Waals surface area contributed by atoms with Gasteiger partial charge in [-0.1, -0.05) is 12.1 Å². The summed E-state index contributed by atoms with van der Waals surface area (Å²) in [5.41, 5.74) is 1.95. The monoisotopic (exact) mass is 302 g/mol. The Morgan fingerprint density at radius 2 is 1.91 bits per heavy atom. The summed E-state index contributed by atoms with van der Waals surface area (Å²) in [5, 5.41) is 28.7. The van der Waals surface area contributed by atoms with E-state index in [0.29, 0.717) is 16.9 Å². The molecule has 0 aliphatic carbocycles. The SMILES string of the molecule is COc1ccc(C(Cc2ccc(O)cc2O)C(=O)O)c(C)c1. The maximum Gasteiger partial charge on any atom is 0.311 e. The number of carbonyl (C=O) groups is 1. The van der Waals surface area contributed by atoms with Gasteiger partial charge in [0.25, 0.3) is 0 Å². The molecule has 3 N–H and O–H groups in total. The Morgan fingerprint density at radius 3 is 2.45 bits per heavy atom. The number of phenolic OH excluding ortho intramolecular Hbond substituents is 2. The normalized spacial score (nSPS) is 11.9. The Hall–Kier alpha value is -2.69. The molecule has 2 rings (SSSR count). The lowest BCUT2D eigenvalue weighted by atomic mass is 9.89. The molecule has 0 radical (unpaired) electrons. The van der Waals surface area contributed by atoms with Gasteiger partial charge in [-0.05, 0) is 48.2 Å². The van der Waals surface area contributed by atoms with E-state index in [4.69, 9.17) is 4.74 Å². The molecule has 0 saturated carbocycles. The number of aryl methyl sites for hydroxylation is 1. The van der Waals surface area contributed by atoms with Gasteiger partial charge in [-0.2, -0.15) is 0 Å². The van der Waals surface area contributed by atoms with Crippen LogP contribution in [0.5, 0.6) is 17.2 Å². The first-order valence-corrected chi connectivity index (χ1v) is 6.80. The van der Waals surface area contributed by atoms with Crippen LogP contribution in [0, 0.1) is 6.92 Å². The Balaban J connectivity index is 2.36. The van der Waals surface area contributed by atoms with Crippen molar-refractivity contribution in [3.63, 3.8) is 0 Å². The lowest BCUT2D eigenvalue weighted by Gasteiger charge is -2.17. The molecule has 2 aromatic carbocycles. The van der Waals surface area contributed by atoms with E-state index in [0.717, 1.165) is 5.56 Å². The molecule has 0 aliphatic rings. The zero-order valence-electron chi connectivity index (χ0n) is 12.4. The summed E-state index contributed by atoms with van der Waals surface area (Å²) in [7, 11) is 1.55. The second kappa shape index (κ2) is 6.39. The Morgan fingerprint density at radius 1 is 1.18 bits per heavy atom. The average Bonchev–Trinajstić information content (AvgIpc) is 2.46. The lowest BCUT2D eigenvalue weighted by Crippen LogP contribution is -2.15. The van der Waals surface area contributed by atoms with E-state index in [1.807, 2.05) is 6.92 Å². The number of rotatable bonds is 5. The van der Waals surface area contributed by atoms with Gasteiger partial charge in [0, 0.05) is 6.07 Å². The van der Waals surface area contributed by atoms with E-state index in [1.165, 1.54) is 18.2 Å². The summed E-state index contributed by atoms with van der Waals surface area (Å²) in [6.07, 6.45) is 0.134. The Bertz CT molecular complexity index is 693. The molecule has 0 amide bonds. The zero-order valence-corrected chi connectivity index (χ0v) is 12.4. The minimum Gasteiger partial charge on any atom is -0.508 e. The van der Waals surface area contributed by atoms with Crippen LogP contribution in [0.15, 0.2) is 36.4 Å². The van der Waals surface area contributed by atoms with Crippen LogP contribution >= 0.6 is 0 Å². The van der Waals surface area contributed by atoms with Crippen LogP contribution in [0.3, 0.4) is 0 Å². The van der Waals surface area contributed by atoms with E-state index in [9.17, 15) is 20.1 Å². The fourth-order valence-electron chi connectivity index (χ4n) is 2.44. The molecule has 0 aliphatic heterocycles. The molecule has 1 atom stereocenters. The topological polar surface area (TPSA) is 87.0 Å². The summed E-state index contributed by atoms with van der Waals surface area (Å²) in [6, 6.07) is 9.38. The second-order valence-corrected chi connectivity index (χ2v) is 5.13. The van der Waals surface area contributed by atoms with E-state index in [-0.39, 0.29) is 17.9 Å². The highest BCUT2D eigenvalue weighted by molar-refractivity contribution is 5.77. The molecule has 0 saturated heterocycles. The smallest absolute Gasteiger partial charge is 0.311 e. The van der Waals surface area contributed by atoms with Crippen molar-refractivity contribution in [2.24, 2.45) is 0 Å². The van der Waals surface area contributed by atoms with Crippen LogP contribution in [0.2, 0.25) is 0 Å². The van der Waals surface area contributed by atoms with Crippen LogP contribution in [0.4, 0.5) is 0 Å². The minimum absolute atomic E-state index is 0.0613. The van der Waals surface area contributed by atoms with E-state index in [2.05, 4.69) is 0 Å². The van der Waals surface area contributed by atoms with Crippen molar-refractivity contribution >= 4 is 5.97 Å². The second-order valence-electron chi connectivity index (χ2n) is 5.13. The molecule has 116 valence electrons. The van der Waals surface area contributed by atoms with Gasteiger partial charge in [-0.25, -0.2) is 0 Å². The molecule has 2 aromatic rings. The first-order valence-electron chi connectivity index (χ1n) is 6.80. The molecular formula is C17H18O5. The third kappa shape index (κ3) is 3.31. The Labute approximate surface area is 128 Å². The summed E-state index contributed by atoms with van der Waals surface area (Å²) in [6.45, 7) is 1.82. The van der Waals surface area contributed by atoms with Crippen LogP contribution in [0.1, 0.15) is 22.6 Å². The van der Waals surface area contributed by atoms with Crippen LogP contribution in [-0.4, -0.2) is 28.4 Å². The van der Waals surface area contributed by atoms with Gasteiger partial charge in [0.1, 0.15) is 17.2 Å². The first-order chi connectivity index (χ1) is 10.4. The van der Waals surface area contributed by atoms with Gasteiger partial charge in [0.2, 0.25) is 0 Å². The molecule has 22 heavy (non-hydrogen) atoms. The number of aromatic hydroxyl groups is 2. The van der Waals surface area contributed by atoms with Crippen molar-refractivity contribution < 1.29 is 24.9 Å². The molecule has 0 aromatic heterocycles. The van der Waals surface area contributed by atoms with Gasteiger partial charge in [0.05, 0.1) is 13.0 Å². The number of aliphatic carboxylic acids is 1. The van der Waals surface area contributed by atoms with Crippen molar-refractivity contribution in [2.45, 2.75) is 19.3 Å². The maximum absolute atomic E-state index is 11.6. The van der Waals surface area contributed by atoms with Crippen molar-refractivity contribution in [3.8, 4) is 17.2 Å². The molecule has 5 heteroatoms. The third-order valence-electron chi connectivity index (χ3n) is 3.64. The number of phenols is 2. The van der Waals surface area contributed by atoms with Crippen LogP contribution in [0.25, 0.3) is 0 Å². The highest BCUT2D eigenvalue weighted by Crippen LogP contribution is 2.31. The molecule has 0 spiro atoms. The predicted octanol–water partition coefficient (Wildman–Crippen LogP) is 2.83.